The van der Waals surface area contributed by atoms with E-state index in [0.29, 0.717) is 0 Å². The number of morpholine rings is 1. The highest BCUT2D eigenvalue weighted by atomic mass is 16.5. The van der Waals surface area contributed by atoms with E-state index in [2.05, 4.69) is 38.5 Å². The van der Waals surface area contributed by atoms with E-state index in [1.54, 1.807) is 0 Å². The van der Waals surface area contributed by atoms with Gasteiger partial charge in [0.05, 0.1) is 19.4 Å². The molecule has 18 heavy (non-hydrogen) atoms. The number of nitrogens with zero attached hydrogens (tertiary/aromatic N) is 4. The minimum atomic E-state index is 0.786. The predicted octanol–water partition coefficient (Wildman–Crippen LogP) is 1.52. The lowest BCUT2D eigenvalue weighted by Crippen LogP contribution is -2.36. The van der Waals surface area contributed by atoms with Crippen LogP contribution >= 0.6 is 0 Å². The fourth-order valence-electron chi connectivity index (χ4n) is 2.32. The smallest absolute Gasteiger partial charge is 0.235 e. The molecular formula is C13H18N4O. The first kappa shape index (κ1) is 11.5. The third-order valence-electron chi connectivity index (χ3n) is 3.26. The van der Waals surface area contributed by atoms with Gasteiger partial charge in [-0.15, -0.1) is 0 Å². The van der Waals surface area contributed by atoms with Crippen LogP contribution in [-0.2, 0) is 11.2 Å². The van der Waals surface area contributed by atoms with Gasteiger partial charge in [0.25, 0.3) is 0 Å². The van der Waals surface area contributed by atoms with Crippen molar-refractivity contribution in [1.82, 2.24) is 14.4 Å². The van der Waals surface area contributed by atoms with Gasteiger partial charge < -0.3 is 9.64 Å². The highest BCUT2D eigenvalue weighted by molar-refractivity contribution is 5.48. The average molecular weight is 246 g/mol. The van der Waals surface area contributed by atoms with Crippen molar-refractivity contribution in [2.75, 3.05) is 31.2 Å². The molecule has 0 unspecified atom stereocenters. The number of imidazole rings is 1. The third-order valence-corrected chi connectivity index (χ3v) is 3.26. The van der Waals surface area contributed by atoms with Gasteiger partial charge in [-0.1, -0.05) is 13.3 Å². The van der Waals surface area contributed by atoms with Gasteiger partial charge in [-0.2, -0.15) is 0 Å². The second-order valence-electron chi connectivity index (χ2n) is 4.55. The summed E-state index contributed by atoms with van der Waals surface area (Å²) in [7, 11) is 0. The van der Waals surface area contributed by atoms with Crippen LogP contribution in [0.2, 0.25) is 0 Å². The maximum atomic E-state index is 5.37. The molecule has 2 aromatic heterocycles. The number of anilines is 1. The molecule has 96 valence electrons. The topological polar surface area (TPSA) is 42.7 Å². The fourth-order valence-corrected chi connectivity index (χ4v) is 2.32. The minimum absolute atomic E-state index is 0.786. The van der Waals surface area contributed by atoms with Gasteiger partial charge in [-0.3, -0.25) is 4.40 Å². The average Bonchev–Trinajstić information content (AvgIpc) is 2.83. The second-order valence-corrected chi connectivity index (χ2v) is 4.55. The van der Waals surface area contributed by atoms with E-state index in [0.717, 1.165) is 56.4 Å². The summed E-state index contributed by atoms with van der Waals surface area (Å²) in [6.07, 6.45) is 6.10. The van der Waals surface area contributed by atoms with Crippen LogP contribution in [0.5, 0.6) is 0 Å². The van der Waals surface area contributed by atoms with E-state index >= 15 is 0 Å². The van der Waals surface area contributed by atoms with Crippen molar-refractivity contribution >= 4 is 11.6 Å². The van der Waals surface area contributed by atoms with Gasteiger partial charge in [0.2, 0.25) is 5.78 Å². The summed E-state index contributed by atoms with van der Waals surface area (Å²) in [5, 5.41) is 0. The molecule has 0 aromatic carbocycles. The van der Waals surface area contributed by atoms with Crippen molar-refractivity contribution in [2.24, 2.45) is 0 Å². The lowest BCUT2D eigenvalue weighted by molar-refractivity contribution is 0.122. The van der Waals surface area contributed by atoms with Crippen LogP contribution in [-0.4, -0.2) is 40.7 Å². The third kappa shape index (κ3) is 2.06. The summed E-state index contributed by atoms with van der Waals surface area (Å²) < 4.78 is 7.43. The molecule has 0 radical (unpaired) electrons. The number of fused-ring (bicyclic) bond motifs is 1. The first-order chi connectivity index (χ1) is 8.88. The number of rotatable bonds is 3. The molecule has 1 saturated heterocycles. The van der Waals surface area contributed by atoms with E-state index in [1.807, 2.05) is 6.20 Å². The van der Waals surface area contributed by atoms with Crippen molar-refractivity contribution in [2.45, 2.75) is 19.8 Å². The van der Waals surface area contributed by atoms with Crippen molar-refractivity contribution < 1.29 is 4.74 Å². The number of ether oxygens (including phenoxy) is 1. The summed E-state index contributed by atoms with van der Waals surface area (Å²) in [6, 6.07) is 2.09. The second kappa shape index (κ2) is 4.94. The number of hydrogen-bond acceptors (Lipinski definition) is 4. The van der Waals surface area contributed by atoms with Crippen molar-refractivity contribution in [3.05, 3.63) is 24.2 Å². The Balaban J connectivity index is 1.93. The van der Waals surface area contributed by atoms with Gasteiger partial charge in [-0.05, 0) is 12.5 Å². The molecule has 0 atom stereocenters. The first-order valence-corrected chi connectivity index (χ1v) is 6.54. The zero-order valence-electron chi connectivity index (χ0n) is 10.7. The molecule has 0 saturated carbocycles. The Bertz CT molecular complexity index is 531. The maximum absolute atomic E-state index is 5.37. The zero-order chi connectivity index (χ0) is 12.4. The Hall–Kier alpha value is -1.62. The number of hydrogen-bond donors (Lipinski definition) is 0. The molecule has 1 fully saturated rings. The van der Waals surface area contributed by atoms with Gasteiger partial charge in [-0.25, -0.2) is 9.97 Å². The van der Waals surface area contributed by atoms with Crippen LogP contribution in [0.3, 0.4) is 0 Å². The largest absolute Gasteiger partial charge is 0.378 e. The van der Waals surface area contributed by atoms with Crippen molar-refractivity contribution in [3.8, 4) is 0 Å². The molecule has 0 N–H and O–H groups in total. The standard InChI is InChI=1S/C13H18N4O/c1-2-3-11-4-5-17-12(10-14-13(17)15-11)16-6-8-18-9-7-16/h4-5,10H,2-3,6-9H2,1H3. The molecule has 1 aliphatic rings. The highest BCUT2D eigenvalue weighted by Crippen LogP contribution is 2.17. The minimum Gasteiger partial charge on any atom is -0.378 e. The Morgan fingerprint density at radius 3 is 2.94 bits per heavy atom. The Morgan fingerprint density at radius 2 is 2.17 bits per heavy atom. The quantitative estimate of drug-likeness (QED) is 0.823. The molecule has 0 amide bonds. The summed E-state index contributed by atoms with van der Waals surface area (Å²) in [6.45, 7) is 5.58. The van der Waals surface area contributed by atoms with E-state index in [4.69, 9.17) is 4.74 Å². The molecule has 3 rings (SSSR count). The Morgan fingerprint density at radius 1 is 1.33 bits per heavy atom. The lowest BCUT2D eigenvalue weighted by Gasteiger charge is -2.27. The molecule has 2 aromatic rings. The molecule has 5 heteroatoms. The summed E-state index contributed by atoms with van der Waals surface area (Å²) >= 11 is 0. The molecule has 3 heterocycles. The van der Waals surface area contributed by atoms with Crippen LogP contribution in [0.25, 0.3) is 5.78 Å². The SMILES string of the molecule is CCCc1ccn2c(N3CCOCC3)cnc2n1. The molecule has 0 bridgehead atoms. The fraction of sp³-hybridized carbons (Fsp3) is 0.538. The van der Waals surface area contributed by atoms with E-state index in [9.17, 15) is 0 Å². The van der Waals surface area contributed by atoms with Gasteiger partial charge in [0, 0.05) is 25.0 Å². The van der Waals surface area contributed by atoms with Gasteiger partial charge in [0.15, 0.2) is 0 Å². The molecule has 0 spiro atoms. The van der Waals surface area contributed by atoms with Crippen LogP contribution in [0.1, 0.15) is 19.0 Å². The Kier molecular flexibility index (Phi) is 3.15. The van der Waals surface area contributed by atoms with Crippen LogP contribution in [0.15, 0.2) is 18.5 Å². The summed E-state index contributed by atoms with van der Waals surface area (Å²) in [5.41, 5.74) is 1.11. The predicted molar refractivity (Wildman–Crippen MR) is 70.0 cm³/mol. The van der Waals surface area contributed by atoms with E-state index in [1.165, 1.54) is 0 Å². The number of aryl methyl sites for hydroxylation is 1. The monoisotopic (exact) mass is 246 g/mol. The summed E-state index contributed by atoms with van der Waals surface area (Å²) in [4.78, 5) is 11.3. The van der Waals surface area contributed by atoms with Gasteiger partial charge in [0.1, 0.15) is 5.82 Å². The molecule has 5 nitrogen and oxygen atoms in total. The van der Waals surface area contributed by atoms with Gasteiger partial charge >= 0.3 is 0 Å². The normalized spacial score (nSPS) is 16.4. The maximum Gasteiger partial charge on any atom is 0.235 e. The highest BCUT2D eigenvalue weighted by Gasteiger charge is 2.15. The van der Waals surface area contributed by atoms with Crippen LogP contribution in [0, 0.1) is 0 Å². The lowest BCUT2D eigenvalue weighted by atomic mass is 10.2. The first-order valence-electron chi connectivity index (χ1n) is 6.54. The molecule has 1 aliphatic heterocycles. The van der Waals surface area contributed by atoms with E-state index < -0.39 is 0 Å². The van der Waals surface area contributed by atoms with Crippen LogP contribution < -0.4 is 4.90 Å². The molecule has 0 aliphatic carbocycles. The summed E-state index contributed by atoms with van der Waals surface area (Å²) in [5.74, 6) is 1.91. The van der Waals surface area contributed by atoms with Crippen LogP contribution in [0.4, 0.5) is 5.82 Å². The van der Waals surface area contributed by atoms with E-state index in [-0.39, 0.29) is 0 Å². The van der Waals surface area contributed by atoms with Crippen molar-refractivity contribution in [1.29, 1.82) is 0 Å². The molecular weight excluding hydrogens is 228 g/mol. The Labute approximate surface area is 106 Å². The number of aromatic nitrogens is 3. The van der Waals surface area contributed by atoms with Crippen molar-refractivity contribution in [3.63, 3.8) is 0 Å². The zero-order valence-corrected chi connectivity index (χ0v) is 10.7.